The molecule has 1 unspecified atom stereocenters. The lowest BCUT2D eigenvalue weighted by molar-refractivity contribution is 0.231. The first-order valence-electron chi connectivity index (χ1n) is 10.2. The summed E-state index contributed by atoms with van der Waals surface area (Å²) in [6.45, 7) is 6.45. The number of nitrogens with zero attached hydrogens (tertiary/aromatic N) is 4. The van der Waals surface area contributed by atoms with E-state index in [1.54, 1.807) is 48.0 Å². The van der Waals surface area contributed by atoms with Gasteiger partial charge >= 0.3 is 0 Å². The second-order valence-corrected chi connectivity index (χ2v) is 10.2. The predicted octanol–water partition coefficient (Wildman–Crippen LogP) is 5.86. The molecule has 2 N–H and O–H groups in total. The molecule has 1 aromatic carbocycles. The SMILES string of the molecule is CCCSc1nc2c(c(SC)n1)C1=NC(=COc3ccc(Cl)cc3Cl)NN1C(C(C)C)N2. The Morgan fingerprint density at radius 1 is 1.28 bits per heavy atom. The first-order chi connectivity index (χ1) is 15.4. The number of anilines is 1. The molecule has 11 heteroatoms. The van der Waals surface area contributed by atoms with Crippen molar-refractivity contribution in [2.24, 2.45) is 10.9 Å². The zero-order valence-corrected chi connectivity index (χ0v) is 21.3. The van der Waals surface area contributed by atoms with Gasteiger partial charge in [-0.25, -0.2) is 20.0 Å². The van der Waals surface area contributed by atoms with E-state index in [-0.39, 0.29) is 12.1 Å². The van der Waals surface area contributed by atoms with E-state index in [0.717, 1.165) is 39.6 Å². The minimum Gasteiger partial charge on any atom is -0.460 e. The molecule has 0 aliphatic carbocycles. The minimum atomic E-state index is -0.0418. The lowest BCUT2D eigenvalue weighted by Crippen LogP contribution is -2.55. The van der Waals surface area contributed by atoms with Crippen molar-refractivity contribution in [2.75, 3.05) is 17.3 Å². The zero-order valence-electron chi connectivity index (χ0n) is 18.1. The molecule has 1 atom stereocenters. The number of aliphatic imine (C=N–C) groups is 1. The standard InChI is InChI=1S/C21H24Cl2N6OS2/c1-5-8-32-21-26-17-16(20(27-21)31-4)19-24-15(28-29(19)18(25-17)11(2)3)10-30-14-7-6-12(22)9-13(14)23/h6-7,9-11,18,28H,5,8H2,1-4H3,(H,25,26,27). The molecule has 2 aromatic rings. The van der Waals surface area contributed by atoms with Gasteiger partial charge in [-0.3, -0.25) is 5.43 Å². The Labute approximate surface area is 206 Å². The highest BCUT2D eigenvalue weighted by molar-refractivity contribution is 7.99. The average Bonchev–Trinajstić information content (AvgIpc) is 3.19. The smallest absolute Gasteiger partial charge is 0.190 e. The molecule has 0 saturated carbocycles. The molecular formula is C21H24Cl2N6OS2. The Bertz CT molecular complexity index is 1080. The zero-order chi connectivity index (χ0) is 22.8. The fraction of sp³-hybridized carbons (Fsp3) is 0.381. The molecule has 0 bridgehead atoms. The summed E-state index contributed by atoms with van der Waals surface area (Å²) in [6, 6.07) is 5.09. The lowest BCUT2D eigenvalue weighted by Gasteiger charge is -2.38. The summed E-state index contributed by atoms with van der Waals surface area (Å²) in [5, 5.41) is 8.22. The molecule has 32 heavy (non-hydrogen) atoms. The van der Waals surface area contributed by atoms with Crippen molar-refractivity contribution in [3.63, 3.8) is 0 Å². The van der Waals surface area contributed by atoms with E-state index >= 15 is 0 Å². The maximum atomic E-state index is 6.22. The molecule has 2 aliphatic heterocycles. The largest absolute Gasteiger partial charge is 0.460 e. The number of fused-ring (bicyclic) bond motifs is 3. The number of thioether (sulfide) groups is 2. The molecule has 170 valence electrons. The van der Waals surface area contributed by atoms with E-state index in [4.69, 9.17) is 42.9 Å². The fourth-order valence-electron chi connectivity index (χ4n) is 3.29. The molecule has 0 fully saturated rings. The number of nitrogens with one attached hydrogen (secondary N) is 2. The third-order valence-corrected chi connectivity index (χ3v) is 7.05. The van der Waals surface area contributed by atoms with Crippen LogP contribution in [0.4, 0.5) is 5.82 Å². The molecule has 1 aromatic heterocycles. The van der Waals surface area contributed by atoms with Crippen LogP contribution >= 0.6 is 46.7 Å². The van der Waals surface area contributed by atoms with Gasteiger partial charge in [0.1, 0.15) is 29.0 Å². The highest BCUT2D eigenvalue weighted by Crippen LogP contribution is 2.36. The van der Waals surface area contributed by atoms with Crippen LogP contribution in [0.2, 0.25) is 10.0 Å². The first kappa shape index (κ1) is 23.4. The van der Waals surface area contributed by atoms with E-state index in [2.05, 4.69) is 31.5 Å². The van der Waals surface area contributed by atoms with Crippen LogP contribution in [0.25, 0.3) is 0 Å². The first-order valence-corrected chi connectivity index (χ1v) is 13.2. The summed E-state index contributed by atoms with van der Waals surface area (Å²) in [5.74, 6) is 3.90. The molecule has 0 spiro atoms. The van der Waals surface area contributed by atoms with E-state index < -0.39 is 0 Å². The molecule has 2 aliphatic rings. The topological polar surface area (TPSA) is 74.7 Å². The summed E-state index contributed by atoms with van der Waals surface area (Å²) in [4.78, 5) is 14.4. The van der Waals surface area contributed by atoms with Crippen LogP contribution in [0.1, 0.15) is 32.8 Å². The molecule has 0 radical (unpaired) electrons. The number of benzene rings is 1. The van der Waals surface area contributed by atoms with Crippen molar-refractivity contribution in [3.8, 4) is 5.75 Å². The van der Waals surface area contributed by atoms with Crippen LogP contribution in [0.3, 0.4) is 0 Å². The molecule has 3 heterocycles. The van der Waals surface area contributed by atoms with Crippen LogP contribution in [0.15, 0.2) is 45.5 Å². The van der Waals surface area contributed by atoms with E-state index in [1.807, 2.05) is 11.3 Å². The van der Waals surface area contributed by atoms with Crippen molar-refractivity contribution >= 4 is 58.4 Å². The van der Waals surface area contributed by atoms with Gasteiger partial charge in [0.15, 0.2) is 16.8 Å². The second kappa shape index (κ2) is 9.99. The number of aromatic nitrogens is 2. The van der Waals surface area contributed by atoms with Crippen LogP contribution in [-0.2, 0) is 0 Å². The van der Waals surface area contributed by atoms with E-state index in [1.165, 1.54) is 0 Å². The Morgan fingerprint density at radius 2 is 2.09 bits per heavy atom. The highest BCUT2D eigenvalue weighted by Gasteiger charge is 2.39. The van der Waals surface area contributed by atoms with Crippen molar-refractivity contribution < 1.29 is 4.74 Å². The third-order valence-electron chi connectivity index (χ3n) is 4.78. The van der Waals surface area contributed by atoms with Gasteiger partial charge < -0.3 is 10.1 Å². The molecule has 0 amide bonds. The normalized spacial score (nSPS) is 18.2. The van der Waals surface area contributed by atoms with Crippen molar-refractivity contribution in [1.82, 2.24) is 20.4 Å². The number of hydrazine groups is 1. The summed E-state index contributed by atoms with van der Waals surface area (Å²) < 4.78 is 5.78. The maximum absolute atomic E-state index is 6.22. The number of ether oxygens (including phenoxy) is 1. The van der Waals surface area contributed by atoms with Crippen LogP contribution in [0, 0.1) is 5.92 Å². The van der Waals surface area contributed by atoms with Gasteiger partial charge in [-0.05, 0) is 36.8 Å². The van der Waals surface area contributed by atoms with Gasteiger partial charge in [0.05, 0.1) is 10.6 Å². The molecular weight excluding hydrogens is 487 g/mol. The van der Waals surface area contributed by atoms with Gasteiger partial charge in [-0.1, -0.05) is 55.7 Å². The van der Waals surface area contributed by atoms with Crippen molar-refractivity contribution in [2.45, 2.75) is 43.5 Å². The summed E-state index contributed by atoms with van der Waals surface area (Å²) in [6.07, 6.45) is 4.58. The van der Waals surface area contributed by atoms with Crippen LogP contribution < -0.4 is 15.5 Å². The van der Waals surface area contributed by atoms with Gasteiger partial charge in [0.2, 0.25) is 0 Å². The summed E-state index contributed by atoms with van der Waals surface area (Å²) >= 11 is 15.4. The lowest BCUT2D eigenvalue weighted by atomic mass is 10.1. The minimum absolute atomic E-state index is 0.0418. The van der Waals surface area contributed by atoms with E-state index in [9.17, 15) is 0 Å². The molecule has 4 rings (SSSR count). The average molecular weight is 512 g/mol. The Kier molecular flexibility index (Phi) is 7.29. The van der Waals surface area contributed by atoms with Gasteiger partial charge in [-0.15, -0.1) is 11.8 Å². The van der Waals surface area contributed by atoms with Crippen molar-refractivity contribution in [3.05, 3.63) is 45.9 Å². The quantitative estimate of drug-likeness (QED) is 0.207. The Balaban J connectivity index is 1.70. The van der Waals surface area contributed by atoms with Gasteiger partial charge in [0.25, 0.3) is 0 Å². The molecule has 7 nitrogen and oxygen atoms in total. The number of rotatable bonds is 7. The Hall–Kier alpha value is -1.81. The highest BCUT2D eigenvalue weighted by atomic mass is 35.5. The van der Waals surface area contributed by atoms with Gasteiger partial charge in [0, 0.05) is 10.8 Å². The maximum Gasteiger partial charge on any atom is 0.190 e. The number of hydrogen-bond donors (Lipinski definition) is 2. The fourth-order valence-corrected chi connectivity index (χ4v) is 5.07. The van der Waals surface area contributed by atoms with Gasteiger partial charge in [-0.2, -0.15) is 0 Å². The van der Waals surface area contributed by atoms with Crippen LogP contribution in [-0.4, -0.2) is 39.0 Å². The monoisotopic (exact) mass is 510 g/mol. The summed E-state index contributed by atoms with van der Waals surface area (Å²) in [7, 11) is 0. The number of hydrogen-bond acceptors (Lipinski definition) is 9. The summed E-state index contributed by atoms with van der Waals surface area (Å²) in [5.41, 5.74) is 4.22. The Morgan fingerprint density at radius 3 is 2.78 bits per heavy atom. The van der Waals surface area contributed by atoms with Crippen molar-refractivity contribution in [1.29, 1.82) is 0 Å². The number of halogens is 2. The van der Waals surface area contributed by atoms with Crippen LogP contribution in [0.5, 0.6) is 5.75 Å². The van der Waals surface area contributed by atoms with E-state index in [0.29, 0.717) is 21.6 Å². The molecule has 0 saturated heterocycles. The number of amidine groups is 1. The predicted molar refractivity (Wildman–Crippen MR) is 134 cm³/mol. The third kappa shape index (κ3) is 4.76. The second-order valence-electron chi connectivity index (χ2n) is 7.53.